The molecule has 0 bridgehead atoms. The van der Waals surface area contributed by atoms with E-state index in [9.17, 15) is 0 Å². The van der Waals surface area contributed by atoms with Gasteiger partial charge in [-0.05, 0) is 42.0 Å². The summed E-state index contributed by atoms with van der Waals surface area (Å²) >= 11 is 6.98. The fourth-order valence-corrected chi connectivity index (χ4v) is 5.59. The first kappa shape index (κ1) is 20.7. The van der Waals surface area contributed by atoms with E-state index < -0.39 is 0 Å². The van der Waals surface area contributed by atoms with Crippen LogP contribution in [-0.4, -0.2) is 41.7 Å². The predicted molar refractivity (Wildman–Crippen MR) is 119 cm³/mol. The molecule has 29 heavy (non-hydrogen) atoms. The average Bonchev–Trinajstić information content (AvgIpc) is 3.49. The van der Waals surface area contributed by atoms with Crippen molar-refractivity contribution >= 4 is 39.0 Å². The van der Waals surface area contributed by atoms with E-state index in [1.54, 1.807) is 37.3 Å². The van der Waals surface area contributed by atoms with Gasteiger partial charge in [0.05, 0.1) is 31.7 Å². The van der Waals surface area contributed by atoms with Crippen LogP contribution in [0.2, 0.25) is 0 Å². The molecular weight excluding hydrogens is 474 g/mol. The first-order valence-corrected chi connectivity index (χ1v) is 12.0. The van der Waals surface area contributed by atoms with Crippen molar-refractivity contribution in [3.05, 3.63) is 39.7 Å². The Labute approximate surface area is 186 Å². The van der Waals surface area contributed by atoms with E-state index in [1.165, 1.54) is 0 Å². The molecule has 1 aliphatic heterocycles. The second kappa shape index (κ2) is 9.51. The van der Waals surface area contributed by atoms with Gasteiger partial charge in [-0.3, -0.25) is 4.57 Å². The van der Waals surface area contributed by atoms with Crippen LogP contribution < -0.4 is 9.47 Å². The molecule has 0 spiro atoms. The molecule has 6 nitrogen and oxygen atoms in total. The Bertz CT molecular complexity index is 956. The van der Waals surface area contributed by atoms with Gasteiger partial charge in [0.2, 0.25) is 0 Å². The largest absolute Gasteiger partial charge is 0.493 e. The van der Waals surface area contributed by atoms with Gasteiger partial charge in [0.15, 0.2) is 22.5 Å². The number of thioether (sulfide) groups is 1. The van der Waals surface area contributed by atoms with Crippen LogP contribution in [0.25, 0.3) is 10.7 Å². The van der Waals surface area contributed by atoms with Crippen LogP contribution in [0.5, 0.6) is 11.5 Å². The average molecular weight is 496 g/mol. The standard InChI is InChI=1S/C20H22BrN3O3S2/c1-25-16-9-13(15(21)10-17(16)26-2)12-29-20-23-22-19(18-6-4-8-28-18)24(20)11-14-5-3-7-27-14/h4,6,8-10,14H,3,5,7,11-12H2,1-2H3/t14-/m0/s1. The Morgan fingerprint density at radius 3 is 2.79 bits per heavy atom. The first-order valence-electron chi connectivity index (χ1n) is 9.31. The topological polar surface area (TPSA) is 58.4 Å². The first-order chi connectivity index (χ1) is 14.2. The number of hydrogen-bond acceptors (Lipinski definition) is 7. The molecule has 4 rings (SSSR count). The van der Waals surface area contributed by atoms with Crippen molar-refractivity contribution in [2.24, 2.45) is 0 Å². The molecule has 0 radical (unpaired) electrons. The molecule has 1 atom stereocenters. The minimum Gasteiger partial charge on any atom is -0.493 e. The number of thiophene rings is 1. The minimum atomic E-state index is 0.219. The lowest BCUT2D eigenvalue weighted by molar-refractivity contribution is 0.0953. The molecule has 1 aliphatic rings. The van der Waals surface area contributed by atoms with Crippen LogP contribution in [0.4, 0.5) is 0 Å². The number of halogens is 1. The van der Waals surface area contributed by atoms with Crippen LogP contribution in [0.15, 0.2) is 39.3 Å². The zero-order valence-electron chi connectivity index (χ0n) is 16.3. The molecular formula is C20H22BrN3O3S2. The van der Waals surface area contributed by atoms with Crippen LogP contribution >= 0.6 is 39.0 Å². The van der Waals surface area contributed by atoms with Crippen LogP contribution in [-0.2, 0) is 17.0 Å². The fraction of sp³-hybridized carbons (Fsp3) is 0.400. The number of benzene rings is 1. The van der Waals surface area contributed by atoms with Crippen molar-refractivity contribution in [1.82, 2.24) is 14.8 Å². The van der Waals surface area contributed by atoms with Gasteiger partial charge in [0.25, 0.3) is 0 Å². The highest BCUT2D eigenvalue weighted by molar-refractivity contribution is 9.10. The Morgan fingerprint density at radius 2 is 2.10 bits per heavy atom. The SMILES string of the molecule is COc1cc(Br)c(CSc2nnc(-c3cccs3)n2C[C@@H]2CCCO2)cc1OC. The van der Waals surface area contributed by atoms with Gasteiger partial charge >= 0.3 is 0 Å². The van der Waals surface area contributed by atoms with Crippen molar-refractivity contribution in [3.63, 3.8) is 0 Å². The lowest BCUT2D eigenvalue weighted by atomic mass is 10.2. The van der Waals surface area contributed by atoms with Gasteiger partial charge in [-0.25, -0.2) is 0 Å². The lowest BCUT2D eigenvalue weighted by Gasteiger charge is -2.15. The Hall–Kier alpha value is -1.55. The molecule has 9 heteroatoms. The fourth-order valence-electron chi connectivity index (χ4n) is 3.29. The number of methoxy groups -OCH3 is 2. The molecule has 0 unspecified atom stereocenters. The third-order valence-corrected chi connectivity index (χ3v) is 7.40. The Balaban J connectivity index is 1.58. The summed E-state index contributed by atoms with van der Waals surface area (Å²) in [6.07, 6.45) is 2.41. The van der Waals surface area contributed by atoms with Gasteiger partial charge in [-0.1, -0.05) is 33.8 Å². The van der Waals surface area contributed by atoms with Gasteiger partial charge < -0.3 is 14.2 Å². The maximum Gasteiger partial charge on any atom is 0.191 e. The number of ether oxygens (including phenoxy) is 3. The van der Waals surface area contributed by atoms with Crippen LogP contribution in [0.3, 0.4) is 0 Å². The second-order valence-electron chi connectivity index (χ2n) is 6.62. The Morgan fingerprint density at radius 1 is 1.28 bits per heavy atom. The van der Waals surface area contributed by atoms with E-state index in [1.807, 2.05) is 18.2 Å². The van der Waals surface area contributed by atoms with E-state index in [0.717, 1.165) is 57.6 Å². The van der Waals surface area contributed by atoms with Gasteiger partial charge in [0, 0.05) is 16.8 Å². The van der Waals surface area contributed by atoms with Crippen LogP contribution in [0.1, 0.15) is 18.4 Å². The highest BCUT2D eigenvalue weighted by atomic mass is 79.9. The number of hydrogen-bond donors (Lipinski definition) is 0. The van der Waals surface area contributed by atoms with Gasteiger partial charge in [0.1, 0.15) is 0 Å². The summed E-state index contributed by atoms with van der Waals surface area (Å²) in [5, 5.41) is 11.9. The molecule has 1 saturated heterocycles. The third kappa shape index (κ3) is 4.63. The molecule has 2 aromatic heterocycles. The highest BCUT2D eigenvalue weighted by Crippen LogP contribution is 2.37. The monoisotopic (exact) mass is 495 g/mol. The summed E-state index contributed by atoms with van der Waals surface area (Å²) in [7, 11) is 3.28. The van der Waals surface area contributed by atoms with Crippen LogP contribution in [0, 0.1) is 0 Å². The lowest BCUT2D eigenvalue weighted by Crippen LogP contribution is -2.16. The second-order valence-corrected chi connectivity index (χ2v) is 9.36. The summed E-state index contributed by atoms with van der Waals surface area (Å²) in [6, 6.07) is 8.05. The zero-order chi connectivity index (χ0) is 20.2. The molecule has 3 aromatic rings. The van der Waals surface area contributed by atoms with E-state index in [-0.39, 0.29) is 6.10 Å². The Kier molecular flexibility index (Phi) is 6.79. The number of nitrogens with zero attached hydrogens (tertiary/aromatic N) is 3. The number of rotatable bonds is 8. The van der Waals surface area contributed by atoms with Gasteiger partial charge in [-0.2, -0.15) is 0 Å². The molecule has 1 aromatic carbocycles. The van der Waals surface area contributed by atoms with Crippen molar-refractivity contribution in [2.45, 2.75) is 36.4 Å². The molecule has 154 valence electrons. The van der Waals surface area contributed by atoms with Crippen molar-refractivity contribution in [2.75, 3.05) is 20.8 Å². The molecule has 0 N–H and O–H groups in total. The molecule has 1 fully saturated rings. The molecule has 0 aliphatic carbocycles. The van der Waals surface area contributed by atoms with E-state index in [2.05, 4.69) is 42.1 Å². The molecule has 0 saturated carbocycles. The summed E-state index contributed by atoms with van der Waals surface area (Å²) in [4.78, 5) is 1.12. The van der Waals surface area contributed by atoms with E-state index in [4.69, 9.17) is 14.2 Å². The van der Waals surface area contributed by atoms with Crippen molar-refractivity contribution in [3.8, 4) is 22.2 Å². The summed E-state index contributed by atoms with van der Waals surface area (Å²) in [6.45, 7) is 1.61. The smallest absolute Gasteiger partial charge is 0.191 e. The maximum absolute atomic E-state index is 5.87. The zero-order valence-corrected chi connectivity index (χ0v) is 19.5. The highest BCUT2D eigenvalue weighted by Gasteiger charge is 2.22. The van der Waals surface area contributed by atoms with Gasteiger partial charge in [-0.15, -0.1) is 21.5 Å². The van der Waals surface area contributed by atoms with Crippen molar-refractivity contribution < 1.29 is 14.2 Å². The van der Waals surface area contributed by atoms with E-state index in [0.29, 0.717) is 11.5 Å². The summed E-state index contributed by atoms with van der Waals surface area (Å²) in [5.41, 5.74) is 1.11. The summed E-state index contributed by atoms with van der Waals surface area (Å²) in [5.74, 6) is 3.06. The summed E-state index contributed by atoms with van der Waals surface area (Å²) < 4.78 is 19.9. The maximum atomic E-state index is 5.87. The molecule has 3 heterocycles. The minimum absolute atomic E-state index is 0.219. The predicted octanol–water partition coefficient (Wildman–Crippen LogP) is 5.26. The number of aromatic nitrogens is 3. The third-order valence-electron chi connectivity index (χ3n) is 4.78. The normalized spacial score (nSPS) is 16.3. The molecule has 0 amide bonds. The van der Waals surface area contributed by atoms with Crippen molar-refractivity contribution in [1.29, 1.82) is 0 Å². The quantitative estimate of drug-likeness (QED) is 0.397. The van der Waals surface area contributed by atoms with E-state index >= 15 is 0 Å².